The number of hydrogen-bond donors (Lipinski definition) is 2. The summed E-state index contributed by atoms with van der Waals surface area (Å²) in [6.45, 7) is 5.56. The highest BCUT2D eigenvalue weighted by atomic mass is 32.2. The van der Waals surface area contributed by atoms with Gasteiger partial charge < -0.3 is 10.6 Å². The summed E-state index contributed by atoms with van der Waals surface area (Å²) in [6, 6.07) is 8.77. The van der Waals surface area contributed by atoms with E-state index in [1.165, 1.54) is 17.4 Å². The molecule has 1 aromatic carbocycles. The minimum absolute atomic E-state index is 0.107. The average Bonchev–Trinajstić information content (AvgIpc) is 2.49. The van der Waals surface area contributed by atoms with Gasteiger partial charge in [0, 0.05) is 26.4 Å². The number of aliphatic imine (C=N–C) groups is 1. The van der Waals surface area contributed by atoms with Crippen LogP contribution in [0.2, 0.25) is 0 Å². The van der Waals surface area contributed by atoms with Gasteiger partial charge in [0.25, 0.3) is 0 Å². The highest BCUT2D eigenvalue weighted by molar-refractivity contribution is 7.90. The van der Waals surface area contributed by atoms with Gasteiger partial charge >= 0.3 is 0 Å². The van der Waals surface area contributed by atoms with E-state index in [0.29, 0.717) is 18.4 Å². The highest BCUT2D eigenvalue weighted by Gasteiger charge is 2.03. The van der Waals surface area contributed by atoms with Gasteiger partial charge in [0.15, 0.2) is 5.96 Å². The molecule has 0 aliphatic heterocycles. The van der Waals surface area contributed by atoms with Crippen molar-refractivity contribution < 1.29 is 8.42 Å². The zero-order valence-electron chi connectivity index (χ0n) is 14.6. The Morgan fingerprint density at radius 3 is 2.26 bits per heavy atom. The summed E-state index contributed by atoms with van der Waals surface area (Å²) in [6.07, 6.45) is 3.23. The quantitative estimate of drug-likeness (QED) is 0.431. The molecule has 0 bridgehead atoms. The van der Waals surface area contributed by atoms with Gasteiger partial charge in [-0.1, -0.05) is 38.1 Å². The Balaban J connectivity index is 2.27. The van der Waals surface area contributed by atoms with Gasteiger partial charge in [-0.25, -0.2) is 8.42 Å². The molecule has 2 N–H and O–H groups in total. The van der Waals surface area contributed by atoms with Crippen LogP contribution in [0, 0.1) is 0 Å². The van der Waals surface area contributed by atoms with Crippen LogP contribution in [0.3, 0.4) is 0 Å². The van der Waals surface area contributed by atoms with E-state index in [1.54, 1.807) is 7.05 Å². The van der Waals surface area contributed by atoms with Crippen LogP contribution in [-0.2, 0) is 16.3 Å². The first-order valence-electron chi connectivity index (χ1n) is 8.03. The third-order valence-corrected chi connectivity index (χ3v) is 4.52. The zero-order valence-corrected chi connectivity index (χ0v) is 15.4. The average molecular weight is 340 g/mol. The number of nitrogens with zero attached hydrogens (tertiary/aromatic N) is 1. The van der Waals surface area contributed by atoms with Gasteiger partial charge in [0.05, 0.1) is 5.75 Å². The molecule has 0 radical (unpaired) electrons. The Kier molecular flexibility index (Phi) is 8.09. The van der Waals surface area contributed by atoms with E-state index < -0.39 is 9.84 Å². The van der Waals surface area contributed by atoms with E-state index in [9.17, 15) is 8.42 Å². The smallest absolute Gasteiger partial charge is 0.191 e. The third-order valence-electron chi connectivity index (χ3n) is 3.57. The predicted octanol–water partition coefficient (Wildman–Crippen LogP) is 1.95. The number of aryl methyl sites for hydroxylation is 1. The van der Waals surface area contributed by atoms with Crippen LogP contribution in [-0.4, -0.2) is 46.5 Å². The van der Waals surface area contributed by atoms with Crippen molar-refractivity contribution in [1.29, 1.82) is 0 Å². The summed E-state index contributed by atoms with van der Waals surface area (Å²) in [5.41, 5.74) is 2.69. The lowest BCUT2D eigenvalue weighted by atomic mass is 10.0. The molecule has 0 spiro atoms. The van der Waals surface area contributed by atoms with Gasteiger partial charge in [-0.2, -0.15) is 0 Å². The summed E-state index contributed by atoms with van der Waals surface area (Å²) in [5.74, 6) is 1.31. The molecule has 5 nitrogen and oxygen atoms in total. The van der Waals surface area contributed by atoms with Crippen LogP contribution < -0.4 is 10.6 Å². The summed E-state index contributed by atoms with van der Waals surface area (Å²) in [7, 11) is -1.26. The predicted molar refractivity (Wildman–Crippen MR) is 97.9 cm³/mol. The van der Waals surface area contributed by atoms with E-state index in [-0.39, 0.29) is 5.75 Å². The van der Waals surface area contributed by atoms with Crippen molar-refractivity contribution in [3.05, 3.63) is 35.4 Å². The first kappa shape index (κ1) is 19.5. The standard InChI is InChI=1S/C17H29N3O2S/c1-14(2)16-9-7-15(8-10-16)6-5-11-19-17(18-3)20-12-13-23(4,21)22/h7-10,14H,5-6,11-13H2,1-4H3,(H2,18,19,20). The number of rotatable bonds is 8. The van der Waals surface area contributed by atoms with Crippen molar-refractivity contribution >= 4 is 15.8 Å². The molecule has 1 rings (SSSR count). The molecule has 0 amide bonds. The molecule has 0 aliphatic carbocycles. The van der Waals surface area contributed by atoms with Crippen molar-refractivity contribution in [3.8, 4) is 0 Å². The third kappa shape index (κ3) is 8.59. The van der Waals surface area contributed by atoms with Crippen LogP contribution in [0.1, 0.15) is 37.3 Å². The van der Waals surface area contributed by atoms with Gasteiger partial charge in [-0.15, -0.1) is 0 Å². The van der Waals surface area contributed by atoms with Crippen molar-refractivity contribution in [1.82, 2.24) is 10.6 Å². The normalized spacial score (nSPS) is 12.5. The van der Waals surface area contributed by atoms with Crippen LogP contribution in [0.25, 0.3) is 0 Å². The SMILES string of the molecule is CN=C(NCCCc1ccc(C(C)C)cc1)NCCS(C)(=O)=O. The van der Waals surface area contributed by atoms with E-state index >= 15 is 0 Å². The molecule has 0 aromatic heterocycles. The summed E-state index contributed by atoms with van der Waals surface area (Å²) in [5, 5.41) is 6.20. The molecule has 0 saturated carbocycles. The van der Waals surface area contributed by atoms with Gasteiger partial charge in [0.2, 0.25) is 0 Å². The lowest BCUT2D eigenvalue weighted by Crippen LogP contribution is -2.39. The maximum Gasteiger partial charge on any atom is 0.191 e. The molecule has 0 fully saturated rings. The molecular formula is C17H29N3O2S. The Hall–Kier alpha value is -1.56. The molecule has 23 heavy (non-hydrogen) atoms. The van der Waals surface area contributed by atoms with Crippen molar-refractivity contribution in [2.45, 2.75) is 32.6 Å². The van der Waals surface area contributed by atoms with Gasteiger partial charge in [-0.05, 0) is 29.9 Å². The highest BCUT2D eigenvalue weighted by Crippen LogP contribution is 2.15. The molecule has 130 valence electrons. The first-order valence-corrected chi connectivity index (χ1v) is 10.1. The zero-order chi connectivity index (χ0) is 17.3. The van der Waals surface area contributed by atoms with Crippen molar-refractivity contribution in [2.24, 2.45) is 4.99 Å². The summed E-state index contributed by atoms with van der Waals surface area (Å²) >= 11 is 0. The number of hydrogen-bond acceptors (Lipinski definition) is 3. The van der Waals surface area contributed by atoms with E-state index in [0.717, 1.165) is 19.4 Å². The largest absolute Gasteiger partial charge is 0.356 e. The number of sulfone groups is 1. The van der Waals surface area contributed by atoms with Crippen LogP contribution in [0.15, 0.2) is 29.3 Å². The Morgan fingerprint density at radius 1 is 1.13 bits per heavy atom. The maximum absolute atomic E-state index is 11.1. The Labute approximate surface area is 140 Å². The second-order valence-corrected chi connectivity index (χ2v) is 8.32. The first-order chi connectivity index (χ1) is 10.8. The number of guanidine groups is 1. The fourth-order valence-electron chi connectivity index (χ4n) is 2.14. The molecule has 1 aromatic rings. The number of benzene rings is 1. The van der Waals surface area contributed by atoms with Gasteiger partial charge in [-0.3, -0.25) is 4.99 Å². The minimum atomic E-state index is -2.94. The van der Waals surface area contributed by atoms with Gasteiger partial charge in [0.1, 0.15) is 9.84 Å². The molecule has 0 unspecified atom stereocenters. The molecule has 0 heterocycles. The monoisotopic (exact) mass is 339 g/mol. The number of nitrogens with one attached hydrogen (secondary N) is 2. The molecule has 0 aliphatic rings. The molecule has 6 heteroatoms. The van der Waals surface area contributed by atoms with Crippen LogP contribution in [0.4, 0.5) is 0 Å². The van der Waals surface area contributed by atoms with E-state index in [4.69, 9.17) is 0 Å². The van der Waals surface area contributed by atoms with Crippen LogP contribution >= 0.6 is 0 Å². The van der Waals surface area contributed by atoms with Crippen molar-refractivity contribution in [3.63, 3.8) is 0 Å². The Morgan fingerprint density at radius 2 is 1.74 bits per heavy atom. The minimum Gasteiger partial charge on any atom is -0.356 e. The molecule has 0 atom stereocenters. The second-order valence-electron chi connectivity index (χ2n) is 6.06. The second kappa shape index (κ2) is 9.55. The fourth-order valence-corrected chi connectivity index (χ4v) is 2.62. The van der Waals surface area contributed by atoms with Crippen LogP contribution in [0.5, 0.6) is 0 Å². The maximum atomic E-state index is 11.1. The molecular weight excluding hydrogens is 310 g/mol. The fraction of sp³-hybridized carbons (Fsp3) is 0.588. The van der Waals surface area contributed by atoms with E-state index in [1.807, 2.05) is 0 Å². The van der Waals surface area contributed by atoms with E-state index in [2.05, 4.69) is 53.7 Å². The summed E-state index contributed by atoms with van der Waals surface area (Å²) < 4.78 is 22.2. The lowest BCUT2D eigenvalue weighted by Gasteiger charge is -2.11. The topological polar surface area (TPSA) is 70.6 Å². The van der Waals surface area contributed by atoms with Crippen molar-refractivity contribution in [2.75, 3.05) is 32.1 Å². The Bertz CT molecular complexity index is 593. The summed E-state index contributed by atoms with van der Waals surface area (Å²) in [4.78, 5) is 4.08. The molecule has 0 saturated heterocycles. The lowest BCUT2D eigenvalue weighted by molar-refractivity contribution is 0.600.